The summed E-state index contributed by atoms with van der Waals surface area (Å²) >= 11 is 1.63. The van der Waals surface area contributed by atoms with Crippen molar-refractivity contribution in [3.63, 3.8) is 0 Å². The van der Waals surface area contributed by atoms with Crippen LogP contribution >= 0.6 is 11.3 Å². The molecule has 2 heterocycles. The monoisotopic (exact) mass is 350 g/mol. The summed E-state index contributed by atoms with van der Waals surface area (Å²) in [6.45, 7) is 4.17. The van der Waals surface area contributed by atoms with Crippen LogP contribution < -0.4 is 0 Å². The van der Waals surface area contributed by atoms with Crippen LogP contribution in [0.2, 0.25) is 0 Å². The molecule has 0 bridgehead atoms. The summed E-state index contributed by atoms with van der Waals surface area (Å²) in [5.74, 6) is -0.0495. The second kappa shape index (κ2) is 5.82. The molecule has 0 aliphatic carbocycles. The van der Waals surface area contributed by atoms with Crippen molar-refractivity contribution < 1.29 is 14.4 Å². The molecule has 124 valence electrons. The SMILES string of the molecule is Cc1ccc(C)c2sc(-c3nc(-c4ccc(C(=O)O)cc4)no3)cc12. The van der Waals surface area contributed by atoms with Crippen LogP contribution in [-0.2, 0) is 0 Å². The number of hydrogen-bond donors (Lipinski definition) is 1. The highest BCUT2D eigenvalue weighted by atomic mass is 32.1. The van der Waals surface area contributed by atoms with Gasteiger partial charge < -0.3 is 9.63 Å². The number of thiophene rings is 1. The number of benzene rings is 2. The normalized spacial score (nSPS) is 11.1. The Morgan fingerprint density at radius 3 is 2.48 bits per heavy atom. The largest absolute Gasteiger partial charge is 0.478 e. The summed E-state index contributed by atoms with van der Waals surface area (Å²) in [6.07, 6.45) is 0. The Morgan fingerprint density at radius 1 is 1.08 bits per heavy atom. The average molecular weight is 350 g/mol. The van der Waals surface area contributed by atoms with Crippen LogP contribution in [0.15, 0.2) is 47.0 Å². The second-order valence-electron chi connectivity index (χ2n) is 5.86. The Morgan fingerprint density at radius 2 is 1.80 bits per heavy atom. The van der Waals surface area contributed by atoms with Gasteiger partial charge in [-0.05, 0) is 48.6 Å². The maximum atomic E-state index is 10.9. The van der Waals surface area contributed by atoms with Crippen LogP contribution in [0.25, 0.3) is 32.2 Å². The predicted octanol–water partition coefficient (Wildman–Crippen LogP) is 4.93. The minimum atomic E-state index is -0.962. The van der Waals surface area contributed by atoms with Gasteiger partial charge in [0.2, 0.25) is 5.82 Å². The molecule has 0 spiro atoms. The lowest BCUT2D eigenvalue weighted by atomic mass is 10.1. The fraction of sp³-hybridized carbons (Fsp3) is 0.105. The lowest BCUT2D eigenvalue weighted by molar-refractivity contribution is 0.0697. The van der Waals surface area contributed by atoms with E-state index < -0.39 is 5.97 Å². The van der Waals surface area contributed by atoms with Gasteiger partial charge in [0, 0.05) is 10.3 Å². The number of rotatable bonds is 3. The highest BCUT2D eigenvalue weighted by molar-refractivity contribution is 7.22. The molecule has 0 saturated heterocycles. The number of hydrogen-bond acceptors (Lipinski definition) is 5. The van der Waals surface area contributed by atoms with Crippen molar-refractivity contribution in [3.8, 4) is 22.2 Å². The van der Waals surface area contributed by atoms with Crippen molar-refractivity contribution in [1.29, 1.82) is 0 Å². The predicted molar refractivity (Wildman–Crippen MR) is 97.0 cm³/mol. The molecule has 4 rings (SSSR count). The molecule has 0 aliphatic heterocycles. The van der Waals surface area contributed by atoms with Crippen LogP contribution in [-0.4, -0.2) is 21.2 Å². The van der Waals surface area contributed by atoms with Crippen molar-refractivity contribution in [2.24, 2.45) is 0 Å². The molecule has 4 aromatic rings. The minimum Gasteiger partial charge on any atom is -0.478 e. The first-order chi connectivity index (χ1) is 12.0. The van der Waals surface area contributed by atoms with Crippen LogP contribution in [0, 0.1) is 13.8 Å². The lowest BCUT2D eigenvalue weighted by Crippen LogP contribution is -1.95. The number of aryl methyl sites for hydroxylation is 2. The Bertz CT molecular complexity index is 1050. The van der Waals surface area contributed by atoms with Gasteiger partial charge >= 0.3 is 5.97 Å². The first-order valence-corrected chi connectivity index (χ1v) is 8.52. The summed E-state index contributed by atoms with van der Waals surface area (Å²) in [5, 5.41) is 14.2. The molecule has 2 aromatic heterocycles. The second-order valence-corrected chi connectivity index (χ2v) is 6.91. The molecule has 1 N–H and O–H groups in total. The van der Waals surface area contributed by atoms with Crippen molar-refractivity contribution in [2.45, 2.75) is 13.8 Å². The van der Waals surface area contributed by atoms with Crippen molar-refractivity contribution in [1.82, 2.24) is 10.1 Å². The fourth-order valence-corrected chi connectivity index (χ4v) is 3.83. The molecule has 25 heavy (non-hydrogen) atoms. The molecule has 6 heteroatoms. The minimum absolute atomic E-state index is 0.225. The first-order valence-electron chi connectivity index (χ1n) is 7.70. The van der Waals surface area contributed by atoms with E-state index in [1.54, 1.807) is 23.5 Å². The van der Waals surface area contributed by atoms with Gasteiger partial charge in [0.25, 0.3) is 5.89 Å². The highest BCUT2D eigenvalue weighted by Crippen LogP contribution is 2.36. The van der Waals surface area contributed by atoms with Crippen molar-refractivity contribution >= 4 is 27.4 Å². The number of carbonyl (C=O) groups is 1. The van der Waals surface area contributed by atoms with Gasteiger partial charge in [-0.2, -0.15) is 4.98 Å². The smallest absolute Gasteiger partial charge is 0.335 e. The maximum Gasteiger partial charge on any atom is 0.335 e. The first kappa shape index (κ1) is 15.5. The zero-order valence-corrected chi connectivity index (χ0v) is 14.4. The third kappa shape index (κ3) is 2.70. The van der Waals surface area contributed by atoms with Gasteiger partial charge in [0.05, 0.1) is 10.4 Å². The molecule has 2 aromatic carbocycles. The van der Waals surface area contributed by atoms with Crippen LogP contribution in [0.5, 0.6) is 0 Å². The van der Waals surface area contributed by atoms with E-state index in [0.717, 1.165) is 4.88 Å². The Balaban J connectivity index is 1.73. The van der Waals surface area contributed by atoms with Gasteiger partial charge in [-0.25, -0.2) is 4.79 Å². The number of nitrogens with zero attached hydrogens (tertiary/aromatic N) is 2. The van der Waals surface area contributed by atoms with Crippen molar-refractivity contribution in [2.75, 3.05) is 0 Å². The molecule has 0 radical (unpaired) electrons. The molecular weight excluding hydrogens is 336 g/mol. The van der Waals surface area contributed by atoms with E-state index in [0.29, 0.717) is 17.3 Å². The number of carboxylic acids is 1. The summed E-state index contributed by atoms with van der Waals surface area (Å²) in [6, 6.07) is 12.7. The summed E-state index contributed by atoms with van der Waals surface area (Å²) in [5.41, 5.74) is 3.38. The Hall–Kier alpha value is -2.99. The number of carboxylic acid groups (broad SMARTS) is 1. The fourth-order valence-electron chi connectivity index (χ4n) is 2.70. The van der Waals surface area contributed by atoms with E-state index in [1.165, 1.54) is 33.3 Å². The van der Waals surface area contributed by atoms with E-state index in [-0.39, 0.29) is 5.56 Å². The van der Waals surface area contributed by atoms with Gasteiger partial charge in [0.1, 0.15) is 0 Å². The van der Waals surface area contributed by atoms with Gasteiger partial charge in [0.15, 0.2) is 0 Å². The molecule has 0 atom stereocenters. The van der Waals surface area contributed by atoms with Gasteiger partial charge in [-0.15, -0.1) is 11.3 Å². The molecular formula is C19H14N2O3S. The summed E-state index contributed by atoms with van der Waals surface area (Å²) in [7, 11) is 0. The molecule has 5 nitrogen and oxygen atoms in total. The lowest BCUT2D eigenvalue weighted by Gasteiger charge is -1.97. The molecule has 0 fully saturated rings. The van der Waals surface area contributed by atoms with Crippen LogP contribution in [0.4, 0.5) is 0 Å². The third-order valence-electron chi connectivity index (χ3n) is 4.13. The zero-order chi connectivity index (χ0) is 17.6. The third-order valence-corrected chi connectivity index (χ3v) is 5.38. The van der Waals surface area contributed by atoms with E-state index in [9.17, 15) is 4.79 Å². The Kier molecular flexibility index (Phi) is 3.62. The highest BCUT2D eigenvalue weighted by Gasteiger charge is 2.15. The summed E-state index contributed by atoms with van der Waals surface area (Å²) in [4.78, 5) is 16.3. The number of fused-ring (bicyclic) bond motifs is 1. The number of aromatic carboxylic acids is 1. The van der Waals surface area contributed by atoms with Crippen LogP contribution in [0.3, 0.4) is 0 Å². The van der Waals surface area contributed by atoms with Gasteiger partial charge in [-0.1, -0.05) is 29.4 Å². The van der Waals surface area contributed by atoms with Gasteiger partial charge in [-0.3, -0.25) is 0 Å². The number of aromatic nitrogens is 2. The zero-order valence-electron chi connectivity index (χ0n) is 13.6. The van der Waals surface area contributed by atoms with Crippen LogP contribution in [0.1, 0.15) is 21.5 Å². The molecule has 0 amide bonds. The van der Waals surface area contributed by atoms with E-state index in [2.05, 4.69) is 42.2 Å². The molecule has 0 aliphatic rings. The van der Waals surface area contributed by atoms with E-state index in [1.807, 2.05) is 0 Å². The Labute approximate surface area is 147 Å². The quantitative estimate of drug-likeness (QED) is 0.567. The standard InChI is InChI=1S/C19H14N2O3S/c1-10-3-4-11(2)16-14(10)9-15(25-16)18-20-17(21-24-18)12-5-7-13(8-6-12)19(22)23/h3-9H,1-2H3,(H,22,23). The van der Waals surface area contributed by atoms with E-state index in [4.69, 9.17) is 9.63 Å². The summed E-state index contributed by atoms with van der Waals surface area (Å²) < 4.78 is 6.65. The average Bonchev–Trinajstić information content (AvgIpc) is 3.26. The molecule has 0 saturated carbocycles. The topological polar surface area (TPSA) is 76.2 Å². The van der Waals surface area contributed by atoms with E-state index >= 15 is 0 Å². The maximum absolute atomic E-state index is 10.9. The van der Waals surface area contributed by atoms with Crippen molar-refractivity contribution in [3.05, 3.63) is 59.2 Å². The molecule has 0 unspecified atom stereocenters.